The number of aliphatic carboxylic acids is 1. The highest BCUT2D eigenvalue weighted by Crippen LogP contribution is 2.22. The second kappa shape index (κ2) is 8.25. The van der Waals surface area contributed by atoms with Crippen LogP contribution in [-0.4, -0.2) is 41.0 Å². The molecule has 0 saturated heterocycles. The van der Waals surface area contributed by atoms with E-state index in [9.17, 15) is 14.4 Å². The van der Waals surface area contributed by atoms with Gasteiger partial charge in [0.1, 0.15) is 6.54 Å². The van der Waals surface area contributed by atoms with Crippen LogP contribution in [0.15, 0.2) is 17.5 Å². The molecule has 3 amide bonds. The molecule has 4 N–H and O–H groups in total. The minimum absolute atomic E-state index is 0.0171. The highest BCUT2D eigenvalue weighted by molar-refractivity contribution is 7.10. The normalized spacial score (nSPS) is 11.7. The fraction of sp³-hybridized carbons (Fsp3) is 0.462. The van der Waals surface area contributed by atoms with Gasteiger partial charge in [-0.15, -0.1) is 11.3 Å². The van der Waals surface area contributed by atoms with Gasteiger partial charge in [0.05, 0.1) is 12.5 Å². The van der Waals surface area contributed by atoms with Crippen LogP contribution in [0.1, 0.15) is 30.7 Å². The van der Waals surface area contributed by atoms with Crippen LogP contribution >= 0.6 is 11.3 Å². The van der Waals surface area contributed by atoms with Crippen molar-refractivity contribution in [2.24, 2.45) is 5.73 Å². The van der Waals surface area contributed by atoms with E-state index in [1.54, 1.807) is 12.1 Å². The molecule has 0 fully saturated rings. The number of carboxylic acids is 1. The van der Waals surface area contributed by atoms with E-state index in [0.717, 1.165) is 4.88 Å². The minimum atomic E-state index is -1.06. The quantitative estimate of drug-likeness (QED) is 0.668. The lowest BCUT2D eigenvalue weighted by atomic mass is 10.1. The summed E-state index contributed by atoms with van der Waals surface area (Å²) in [5.74, 6) is -1.39. The summed E-state index contributed by atoms with van der Waals surface area (Å²) in [5.41, 5.74) is 5.13. The zero-order valence-corrected chi connectivity index (χ0v) is 12.6. The summed E-state index contributed by atoms with van der Waals surface area (Å²) in [5, 5.41) is 13.2. The lowest BCUT2D eigenvalue weighted by Crippen LogP contribution is -2.40. The Bertz CT molecular complexity index is 490. The van der Waals surface area contributed by atoms with E-state index in [-0.39, 0.29) is 18.9 Å². The second-order valence-electron chi connectivity index (χ2n) is 4.49. The summed E-state index contributed by atoms with van der Waals surface area (Å²) in [6, 6.07) is 2.34. The molecule has 0 spiro atoms. The molecule has 0 aromatic carbocycles. The summed E-state index contributed by atoms with van der Waals surface area (Å²) in [4.78, 5) is 36.2. The van der Waals surface area contributed by atoms with E-state index in [1.807, 2.05) is 12.3 Å². The molecule has 0 aliphatic heterocycles. The molecule has 0 aliphatic rings. The van der Waals surface area contributed by atoms with Crippen molar-refractivity contribution in [2.45, 2.75) is 25.8 Å². The number of rotatable bonds is 8. The Hall–Kier alpha value is -2.09. The number of carbonyl (C=O) groups is 3. The van der Waals surface area contributed by atoms with Crippen molar-refractivity contribution in [3.8, 4) is 0 Å². The maximum absolute atomic E-state index is 12.2. The van der Waals surface area contributed by atoms with Crippen molar-refractivity contribution in [1.29, 1.82) is 0 Å². The third-order valence-electron chi connectivity index (χ3n) is 2.75. The Morgan fingerprint density at radius 2 is 2.19 bits per heavy atom. The predicted molar refractivity (Wildman–Crippen MR) is 78.9 cm³/mol. The molecule has 8 heteroatoms. The van der Waals surface area contributed by atoms with Crippen LogP contribution in [0.4, 0.5) is 4.79 Å². The zero-order valence-electron chi connectivity index (χ0n) is 11.7. The first-order valence-electron chi connectivity index (χ1n) is 6.53. The summed E-state index contributed by atoms with van der Waals surface area (Å²) < 4.78 is 0. The van der Waals surface area contributed by atoms with Gasteiger partial charge in [-0.2, -0.15) is 0 Å². The molecular weight excluding hydrogens is 294 g/mol. The Kier molecular flexibility index (Phi) is 6.67. The van der Waals surface area contributed by atoms with Gasteiger partial charge in [0.2, 0.25) is 5.91 Å². The largest absolute Gasteiger partial charge is 0.480 e. The van der Waals surface area contributed by atoms with Gasteiger partial charge in [-0.1, -0.05) is 13.0 Å². The first-order chi connectivity index (χ1) is 9.93. The van der Waals surface area contributed by atoms with Gasteiger partial charge >= 0.3 is 12.0 Å². The van der Waals surface area contributed by atoms with Gasteiger partial charge in [-0.3, -0.25) is 9.59 Å². The van der Waals surface area contributed by atoms with Crippen LogP contribution in [0.3, 0.4) is 0 Å². The number of hydrogen-bond acceptors (Lipinski definition) is 4. The van der Waals surface area contributed by atoms with Crippen molar-refractivity contribution >= 4 is 29.2 Å². The lowest BCUT2D eigenvalue weighted by Gasteiger charge is -2.23. The fourth-order valence-corrected chi connectivity index (χ4v) is 2.69. The van der Waals surface area contributed by atoms with Crippen LogP contribution in [0.25, 0.3) is 0 Å². The highest BCUT2D eigenvalue weighted by atomic mass is 32.1. The number of urea groups is 1. The molecule has 0 aliphatic carbocycles. The average Bonchev–Trinajstić information content (AvgIpc) is 2.90. The van der Waals surface area contributed by atoms with Crippen molar-refractivity contribution in [1.82, 2.24) is 10.2 Å². The highest BCUT2D eigenvalue weighted by Gasteiger charge is 2.23. The van der Waals surface area contributed by atoms with Crippen molar-refractivity contribution < 1.29 is 19.5 Å². The van der Waals surface area contributed by atoms with Crippen LogP contribution in [0.2, 0.25) is 0 Å². The number of nitrogens with one attached hydrogen (secondary N) is 1. The van der Waals surface area contributed by atoms with Crippen LogP contribution in [0, 0.1) is 0 Å². The van der Waals surface area contributed by atoms with Crippen molar-refractivity contribution in [3.63, 3.8) is 0 Å². The monoisotopic (exact) mass is 313 g/mol. The van der Waals surface area contributed by atoms with Gasteiger partial charge in [-0.05, 0) is 17.9 Å². The average molecular weight is 313 g/mol. The van der Waals surface area contributed by atoms with Crippen molar-refractivity contribution in [2.75, 3.05) is 13.1 Å². The first kappa shape index (κ1) is 17.0. The number of thiophene rings is 1. The SMILES string of the molecule is CCCN(CC(=O)O)C(=O)CC(NC(N)=O)c1cccs1. The van der Waals surface area contributed by atoms with Crippen molar-refractivity contribution in [3.05, 3.63) is 22.4 Å². The minimum Gasteiger partial charge on any atom is -0.480 e. The molecule has 1 unspecified atom stereocenters. The Morgan fingerprint density at radius 1 is 1.48 bits per heavy atom. The fourth-order valence-electron chi connectivity index (χ4n) is 1.91. The summed E-state index contributed by atoms with van der Waals surface area (Å²) >= 11 is 1.40. The molecule has 0 radical (unpaired) electrons. The van der Waals surface area contributed by atoms with Crippen LogP contribution < -0.4 is 11.1 Å². The Morgan fingerprint density at radius 3 is 2.67 bits per heavy atom. The Labute approximate surface area is 126 Å². The number of primary amides is 1. The summed E-state index contributed by atoms with van der Waals surface area (Å²) in [7, 11) is 0. The van der Waals surface area contributed by atoms with Gasteiger partial charge in [-0.25, -0.2) is 4.79 Å². The maximum atomic E-state index is 12.2. The second-order valence-corrected chi connectivity index (χ2v) is 5.47. The van der Waals surface area contributed by atoms with E-state index in [4.69, 9.17) is 10.8 Å². The number of amides is 3. The molecule has 116 valence electrons. The van der Waals surface area contributed by atoms with Gasteiger partial charge in [0.15, 0.2) is 0 Å². The molecule has 1 heterocycles. The molecule has 21 heavy (non-hydrogen) atoms. The Balaban J connectivity index is 2.78. The third kappa shape index (κ3) is 5.82. The zero-order chi connectivity index (χ0) is 15.8. The smallest absolute Gasteiger partial charge is 0.323 e. The molecule has 7 nitrogen and oxygen atoms in total. The van der Waals surface area contributed by atoms with Gasteiger partial charge in [0.25, 0.3) is 0 Å². The number of carbonyl (C=O) groups excluding carboxylic acids is 2. The molecule has 1 aromatic heterocycles. The molecule has 1 aromatic rings. The maximum Gasteiger partial charge on any atom is 0.323 e. The first-order valence-corrected chi connectivity index (χ1v) is 7.41. The van der Waals surface area contributed by atoms with Crippen LogP contribution in [-0.2, 0) is 9.59 Å². The van der Waals surface area contributed by atoms with E-state index in [1.165, 1.54) is 16.2 Å². The molecular formula is C13H19N3O4S. The third-order valence-corrected chi connectivity index (χ3v) is 3.74. The summed E-state index contributed by atoms with van der Waals surface area (Å²) in [6.07, 6.45) is 0.642. The number of nitrogens with two attached hydrogens (primary N) is 1. The molecule has 1 atom stereocenters. The number of nitrogens with zero attached hydrogens (tertiary/aromatic N) is 1. The van der Waals surface area contributed by atoms with E-state index in [2.05, 4.69) is 5.32 Å². The number of carboxylic acid groups (broad SMARTS) is 1. The van der Waals surface area contributed by atoms with E-state index < -0.39 is 18.0 Å². The van der Waals surface area contributed by atoms with Gasteiger partial charge < -0.3 is 21.1 Å². The summed E-state index contributed by atoms with van der Waals surface area (Å²) in [6.45, 7) is 1.87. The van der Waals surface area contributed by atoms with Gasteiger partial charge in [0, 0.05) is 11.4 Å². The van der Waals surface area contributed by atoms with Crippen LogP contribution in [0.5, 0.6) is 0 Å². The number of hydrogen-bond donors (Lipinski definition) is 3. The molecule has 0 bridgehead atoms. The lowest BCUT2D eigenvalue weighted by molar-refractivity contribution is -0.144. The topological polar surface area (TPSA) is 113 Å². The van der Waals surface area contributed by atoms with E-state index in [0.29, 0.717) is 13.0 Å². The van der Waals surface area contributed by atoms with E-state index >= 15 is 0 Å². The molecule has 1 rings (SSSR count). The predicted octanol–water partition coefficient (Wildman–Crippen LogP) is 1.17. The standard InChI is InChI=1S/C13H19N3O4S/c1-2-5-16(8-12(18)19)11(17)7-9(15-13(14)20)10-4-3-6-21-10/h3-4,6,9H,2,5,7-8H2,1H3,(H,18,19)(H3,14,15,20). The molecule has 0 saturated carbocycles.